The number of nitrogens with one attached hydrogen (secondary N) is 1. The van der Waals surface area contributed by atoms with Gasteiger partial charge in [-0.2, -0.15) is 4.37 Å². The number of rotatable bonds is 4. The van der Waals surface area contributed by atoms with Gasteiger partial charge < -0.3 is 10.4 Å². The average Bonchev–Trinajstić information content (AvgIpc) is 2.51. The lowest BCUT2D eigenvalue weighted by molar-refractivity contribution is 0.0934. The maximum Gasteiger partial charge on any atom is 0.254 e. The summed E-state index contributed by atoms with van der Waals surface area (Å²) in [6.45, 7) is 3.76. The molecule has 0 radical (unpaired) electrons. The van der Waals surface area contributed by atoms with Crippen LogP contribution in [0.2, 0.25) is 0 Å². The first kappa shape index (κ1) is 11.1. The van der Waals surface area contributed by atoms with Gasteiger partial charge in [-0.3, -0.25) is 4.79 Å². The molecule has 4 nitrogen and oxygen atoms in total. The number of amides is 1. The largest absolute Gasteiger partial charge is 0.396 e. The van der Waals surface area contributed by atoms with Crippen LogP contribution in [0.15, 0.2) is 5.38 Å². The van der Waals surface area contributed by atoms with E-state index in [1.54, 1.807) is 5.38 Å². The van der Waals surface area contributed by atoms with Crippen LogP contribution in [0.3, 0.4) is 0 Å². The number of carbonyl (C=O) groups is 1. The number of carbonyl (C=O) groups excluding carboxylic acids is 1. The van der Waals surface area contributed by atoms with E-state index in [1.807, 2.05) is 13.8 Å². The lowest BCUT2D eigenvalue weighted by Crippen LogP contribution is -2.33. The van der Waals surface area contributed by atoms with Crippen LogP contribution in [-0.4, -0.2) is 28.0 Å². The predicted octanol–water partition coefficient (Wildman–Crippen LogP) is 0.952. The van der Waals surface area contributed by atoms with Crippen LogP contribution in [0.1, 0.15) is 29.4 Å². The van der Waals surface area contributed by atoms with Crippen molar-refractivity contribution in [3.8, 4) is 0 Å². The van der Waals surface area contributed by atoms with Gasteiger partial charge in [0.2, 0.25) is 0 Å². The highest BCUT2D eigenvalue weighted by Crippen LogP contribution is 2.09. The number of aryl methyl sites for hydroxylation is 1. The zero-order valence-corrected chi connectivity index (χ0v) is 9.10. The normalized spacial score (nSPS) is 12.5. The first-order valence-electron chi connectivity index (χ1n) is 4.48. The monoisotopic (exact) mass is 214 g/mol. The molecule has 1 atom stereocenters. The van der Waals surface area contributed by atoms with E-state index in [0.717, 1.165) is 5.69 Å². The molecule has 2 N–H and O–H groups in total. The van der Waals surface area contributed by atoms with Crippen LogP contribution in [0.5, 0.6) is 0 Å². The molecule has 1 amide bonds. The molecule has 0 fully saturated rings. The van der Waals surface area contributed by atoms with E-state index in [9.17, 15) is 4.79 Å². The van der Waals surface area contributed by atoms with Crippen LogP contribution in [0.4, 0.5) is 0 Å². The Kier molecular flexibility index (Phi) is 4.03. The molecule has 78 valence electrons. The molecule has 1 aromatic heterocycles. The summed E-state index contributed by atoms with van der Waals surface area (Å²) in [6.07, 6.45) is 0.572. The molecular formula is C9H14N2O2S. The maximum atomic E-state index is 11.6. The second-order valence-electron chi connectivity index (χ2n) is 3.20. The Labute approximate surface area is 87.1 Å². The van der Waals surface area contributed by atoms with E-state index in [1.165, 1.54) is 11.5 Å². The summed E-state index contributed by atoms with van der Waals surface area (Å²) in [5.74, 6) is -0.114. The van der Waals surface area contributed by atoms with Gasteiger partial charge in [0.15, 0.2) is 0 Å². The number of hydrogen-bond donors (Lipinski definition) is 2. The second kappa shape index (κ2) is 5.07. The fraction of sp³-hybridized carbons (Fsp3) is 0.556. The van der Waals surface area contributed by atoms with Crippen molar-refractivity contribution in [2.45, 2.75) is 26.3 Å². The van der Waals surface area contributed by atoms with Gasteiger partial charge in [0.05, 0.1) is 11.3 Å². The van der Waals surface area contributed by atoms with Gasteiger partial charge in [-0.25, -0.2) is 0 Å². The number of nitrogens with zero attached hydrogens (tertiary/aromatic N) is 1. The van der Waals surface area contributed by atoms with Crippen molar-refractivity contribution >= 4 is 17.4 Å². The van der Waals surface area contributed by atoms with E-state index in [0.29, 0.717) is 12.0 Å². The molecule has 1 unspecified atom stereocenters. The first-order valence-corrected chi connectivity index (χ1v) is 5.31. The lowest BCUT2D eigenvalue weighted by Gasteiger charge is -2.11. The lowest BCUT2D eigenvalue weighted by atomic mass is 10.2. The third-order valence-electron chi connectivity index (χ3n) is 1.93. The molecule has 0 aliphatic carbocycles. The van der Waals surface area contributed by atoms with E-state index >= 15 is 0 Å². The summed E-state index contributed by atoms with van der Waals surface area (Å²) in [5, 5.41) is 13.2. The third-order valence-corrected chi connectivity index (χ3v) is 2.65. The van der Waals surface area contributed by atoms with Crippen molar-refractivity contribution in [3.05, 3.63) is 16.6 Å². The summed E-state index contributed by atoms with van der Waals surface area (Å²) in [4.78, 5) is 11.6. The zero-order chi connectivity index (χ0) is 10.6. The highest BCUT2D eigenvalue weighted by atomic mass is 32.1. The molecule has 1 aromatic rings. The Bertz CT molecular complexity index is 312. The minimum absolute atomic E-state index is 0.00759. The van der Waals surface area contributed by atoms with E-state index in [4.69, 9.17) is 5.11 Å². The average molecular weight is 214 g/mol. The zero-order valence-electron chi connectivity index (χ0n) is 8.28. The van der Waals surface area contributed by atoms with Crippen molar-refractivity contribution in [3.63, 3.8) is 0 Å². The molecule has 0 aliphatic rings. The van der Waals surface area contributed by atoms with Crippen LogP contribution >= 0.6 is 11.5 Å². The number of aliphatic hydroxyl groups is 1. The van der Waals surface area contributed by atoms with Crippen LogP contribution in [0, 0.1) is 6.92 Å². The minimum atomic E-state index is -0.114. The summed E-state index contributed by atoms with van der Waals surface area (Å²) in [6, 6.07) is -0.00759. The quantitative estimate of drug-likeness (QED) is 0.784. The fourth-order valence-electron chi connectivity index (χ4n) is 1.08. The van der Waals surface area contributed by atoms with Gasteiger partial charge in [0, 0.05) is 18.0 Å². The Morgan fingerprint density at radius 2 is 2.50 bits per heavy atom. The van der Waals surface area contributed by atoms with Crippen molar-refractivity contribution in [2.75, 3.05) is 6.61 Å². The predicted molar refractivity (Wildman–Crippen MR) is 55.5 cm³/mol. The Hall–Kier alpha value is -0.940. The standard InChI is InChI=1S/C9H14N2O2S/c1-6(3-4-12)10-9(13)8-5-14-11-7(8)2/h5-6,12H,3-4H2,1-2H3,(H,10,13). The van der Waals surface area contributed by atoms with Crippen LogP contribution < -0.4 is 5.32 Å². The summed E-state index contributed by atoms with van der Waals surface area (Å²) in [7, 11) is 0. The summed E-state index contributed by atoms with van der Waals surface area (Å²) >= 11 is 1.27. The molecule has 0 spiro atoms. The van der Waals surface area contributed by atoms with Crippen LogP contribution in [0.25, 0.3) is 0 Å². The molecule has 14 heavy (non-hydrogen) atoms. The molecule has 0 saturated heterocycles. The molecular weight excluding hydrogens is 200 g/mol. The van der Waals surface area contributed by atoms with Gasteiger partial charge in [-0.05, 0) is 31.8 Å². The third kappa shape index (κ3) is 2.78. The SMILES string of the molecule is Cc1nscc1C(=O)NC(C)CCO. The first-order chi connectivity index (χ1) is 6.65. The molecule has 0 aromatic carbocycles. The molecule has 5 heteroatoms. The molecule has 1 rings (SSSR count). The molecule has 1 heterocycles. The molecule has 0 saturated carbocycles. The minimum Gasteiger partial charge on any atom is -0.396 e. The summed E-state index contributed by atoms with van der Waals surface area (Å²) in [5.41, 5.74) is 1.38. The topological polar surface area (TPSA) is 62.2 Å². The van der Waals surface area contributed by atoms with Crippen molar-refractivity contribution < 1.29 is 9.90 Å². The number of hydrogen-bond acceptors (Lipinski definition) is 4. The van der Waals surface area contributed by atoms with Gasteiger partial charge in [0.1, 0.15) is 0 Å². The number of aromatic nitrogens is 1. The van der Waals surface area contributed by atoms with E-state index in [2.05, 4.69) is 9.69 Å². The Morgan fingerprint density at radius 3 is 3.00 bits per heavy atom. The Morgan fingerprint density at radius 1 is 1.79 bits per heavy atom. The van der Waals surface area contributed by atoms with E-state index < -0.39 is 0 Å². The van der Waals surface area contributed by atoms with Crippen LogP contribution in [-0.2, 0) is 0 Å². The fourth-order valence-corrected chi connectivity index (χ4v) is 1.77. The molecule has 0 bridgehead atoms. The summed E-state index contributed by atoms with van der Waals surface area (Å²) < 4.78 is 4.02. The van der Waals surface area contributed by atoms with Gasteiger partial charge in [-0.1, -0.05) is 0 Å². The second-order valence-corrected chi connectivity index (χ2v) is 3.83. The van der Waals surface area contributed by atoms with Gasteiger partial charge in [-0.15, -0.1) is 0 Å². The Balaban J connectivity index is 2.55. The van der Waals surface area contributed by atoms with Gasteiger partial charge in [0.25, 0.3) is 5.91 Å². The van der Waals surface area contributed by atoms with Crippen molar-refractivity contribution in [2.24, 2.45) is 0 Å². The van der Waals surface area contributed by atoms with Crippen molar-refractivity contribution in [1.29, 1.82) is 0 Å². The van der Waals surface area contributed by atoms with Gasteiger partial charge >= 0.3 is 0 Å². The molecule has 0 aliphatic heterocycles. The number of aliphatic hydroxyl groups excluding tert-OH is 1. The van der Waals surface area contributed by atoms with E-state index in [-0.39, 0.29) is 18.6 Å². The highest BCUT2D eigenvalue weighted by molar-refractivity contribution is 7.03. The highest BCUT2D eigenvalue weighted by Gasteiger charge is 2.12. The maximum absolute atomic E-state index is 11.6. The smallest absolute Gasteiger partial charge is 0.254 e. The van der Waals surface area contributed by atoms with Crippen molar-refractivity contribution in [1.82, 2.24) is 9.69 Å².